The third-order valence-electron chi connectivity index (χ3n) is 13.8. The zero-order chi connectivity index (χ0) is 73.9. The molecule has 0 radical (unpaired) electrons. The second-order valence-corrected chi connectivity index (χ2v) is 26.2. The molecule has 24 heteroatoms. The summed E-state index contributed by atoms with van der Waals surface area (Å²) in [5.41, 5.74) is 10.7. The van der Waals surface area contributed by atoms with Gasteiger partial charge in [0, 0.05) is 83.5 Å². The fourth-order valence-electron chi connectivity index (χ4n) is 9.16. The topological polar surface area (TPSA) is 138 Å². The van der Waals surface area contributed by atoms with Gasteiger partial charge in [-0.25, -0.2) is 4.21 Å². The molecule has 12 nitrogen and oxygen atoms in total. The number of aromatic nitrogens is 1. The Balaban J connectivity index is 0.000000638. The molecule has 0 fully saturated rings. The van der Waals surface area contributed by atoms with E-state index in [4.69, 9.17) is 97.5 Å². The van der Waals surface area contributed by atoms with E-state index in [1.54, 1.807) is 79.0 Å². The Hall–Kier alpha value is -6.26. The number of benzene rings is 9. The van der Waals surface area contributed by atoms with Crippen LogP contribution in [0.5, 0.6) is 28.7 Å². The number of aliphatic hydroxyl groups is 1. The number of aldehydes is 1. The molecule has 3 atom stereocenters. The molecule has 0 spiro atoms. The van der Waals surface area contributed by atoms with Crippen LogP contribution in [0.1, 0.15) is 73.3 Å². The number of nitrogens with zero attached hydrogens (tertiary/aromatic N) is 2. The molecule has 0 saturated heterocycles. The van der Waals surface area contributed by atoms with E-state index in [1.165, 1.54) is 6.07 Å². The van der Waals surface area contributed by atoms with Crippen LogP contribution in [-0.4, -0.2) is 87.9 Å². The Kier molecular flexibility index (Phi) is 49.8. The quantitative estimate of drug-likeness (QED) is 0.0149. The molecule has 0 bridgehead atoms. The predicted octanol–water partition coefficient (Wildman–Crippen LogP) is 15.4. The monoisotopic (exact) mass is 1670 g/mol. The largest absolute Gasteiger partial charge is 2.00 e. The molecule has 2 N–H and O–H groups in total. The van der Waals surface area contributed by atoms with Crippen LogP contribution in [0.3, 0.4) is 0 Å². The first-order valence-electron chi connectivity index (χ1n) is 31.3. The van der Waals surface area contributed by atoms with Crippen LogP contribution in [0, 0.1) is 6.07 Å². The van der Waals surface area contributed by atoms with Gasteiger partial charge in [0.2, 0.25) is 14.7 Å². The minimum atomic E-state index is -1.67. The Morgan fingerprint density at radius 2 is 0.914 bits per heavy atom. The molecule has 0 amide bonds. The number of hydrogen-bond acceptors (Lipinski definition) is 11. The first-order valence-corrected chi connectivity index (χ1v) is 36.5. The summed E-state index contributed by atoms with van der Waals surface area (Å²) in [6.45, 7) is 22.3. The first kappa shape index (κ1) is 94.8. The third kappa shape index (κ3) is 35.1. The maximum atomic E-state index is 12.2. The third-order valence-corrected chi connectivity index (χ3v) is 15.7. The molecule has 0 aliphatic carbocycles. The van der Waals surface area contributed by atoms with Crippen molar-refractivity contribution < 1.29 is 85.8 Å². The summed E-state index contributed by atoms with van der Waals surface area (Å²) >= 11 is 36.8. The molecule has 0 saturated carbocycles. The van der Waals surface area contributed by atoms with E-state index in [0.717, 1.165) is 57.1 Å². The van der Waals surface area contributed by atoms with E-state index >= 15 is 0 Å². The van der Waals surface area contributed by atoms with Gasteiger partial charge in [-0.1, -0.05) is 224 Å². The normalized spacial score (nSPS) is 11.3. The number of carbonyl (C=O) groups excluding carboxylic acids is 1. The number of rotatable bonds is 24. The van der Waals surface area contributed by atoms with Gasteiger partial charge in [-0.15, -0.1) is 29.8 Å². The summed E-state index contributed by atoms with van der Waals surface area (Å²) in [5, 5.41) is 12.2. The molecule has 542 valence electrons. The smallest absolute Gasteiger partial charge is 1.00 e. The van der Waals surface area contributed by atoms with E-state index in [1.807, 2.05) is 187 Å². The number of alkyl halides is 2. The van der Waals surface area contributed by atoms with Gasteiger partial charge < -0.3 is 52.6 Å². The van der Waals surface area contributed by atoms with Gasteiger partial charge in [0.1, 0.15) is 62.1 Å². The maximum absolute atomic E-state index is 12.2. The van der Waals surface area contributed by atoms with Crippen molar-refractivity contribution in [2.45, 2.75) is 30.0 Å². The molecule has 1 aliphatic heterocycles. The second kappa shape index (κ2) is 55.2. The summed E-state index contributed by atoms with van der Waals surface area (Å²) in [6, 6.07) is 74.0. The average Bonchev–Trinajstić information content (AvgIpc) is 0.812. The number of halogens is 9. The zero-order valence-electron chi connectivity index (χ0n) is 58.5. The van der Waals surface area contributed by atoms with E-state index in [9.17, 15) is 14.7 Å². The van der Waals surface area contributed by atoms with Gasteiger partial charge in [0.15, 0.2) is 12.0 Å². The van der Waals surface area contributed by atoms with Crippen LogP contribution < -0.4 is 81.1 Å². The average molecular weight is 1680 g/mol. The number of fused-ring (bicyclic) bond motifs is 1. The molecule has 2 heterocycles. The minimum absolute atomic E-state index is 0. The van der Waals surface area contributed by atoms with Crippen LogP contribution in [-0.2, 0) is 22.4 Å². The molecule has 3 unspecified atom stereocenters. The van der Waals surface area contributed by atoms with Crippen LogP contribution in [0.15, 0.2) is 305 Å². The van der Waals surface area contributed by atoms with E-state index in [-0.39, 0.29) is 87.2 Å². The fraction of sp³-hybridized carbons (Fsp3) is 0.136. The molecule has 105 heavy (non-hydrogen) atoms. The number of nitrogens with one attached hydrogen (secondary N) is 1. The summed E-state index contributed by atoms with van der Waals surface area (Å²) in [5.74, 6) is 3.01. The summed E-state index contributed by atoms with van der Waals surface area (Å²) in [7, 11) is 7.36. The molecule has 1 aromatic heterocycles. The van der Waals surface area contributed by atoms with Crippen LogP contribution >= 0.6 is 91.0 Å². The molecular weight excluding hydrogens is 1600 g/mol. The SMILES string of the molecule is C=CCN1CNn2ccc(=O)c(OCc3ccccc3)c2C1.C=CCOc1ccc(Cl)cc1C(Cl)c1ccccc1.C=CCOc1ccc(Cl)cc1C(Cl)c1ccccc1.C=CCOc1ccc(Cl)cc1C(O)c1ccccc1.C=CCOc1ccc(Cl)cc1C=O.O=S(Cl)Cl.[Br-].[H-].[Mg+2].[Na+].[c-]1ccccc1. The summed E-state index contributed by atoms with van der Waals surface area (Å²) < 4.78 is 38.8. The van der Waals surface area contributed by atoms with Gasteiger partial charge in [0.25, 0.3) is 0 Å². The van der Waals surface area contributed by atoms with Crippen LogP contribution in [0.2, 0.25) is 20.1 Å². The van der Waals surface area contributed by atoms with Crippen molar-refractivity contribution in [3.05, 3.63) is 387 Å². The number of hydrogen-bond donors (Lipinski definition) is 2. The van der Waals surface area contributed by atoms with Gasteiger partial charge in [0.05, 0.1) is 28.7 Å². The van der Waals surface area contributed by atoms with Gasteiger partial charge in [-0.2, -0.15) is 36.4 Å². The second-order valence-electron chi connectivity index (χ2n) is 21.1. The Labute approximate surface area is 707 Å². The zero-order valence-corrected chi connectivity index (χ0v) is 69.4. The molecule has 9 aromatic carbocycles. The van der Waals surface area contributed by atoms with Crippen molar-refractivity contribution in [2.24, 2.45) is 0 Å². The Bertz CT molecular complexity index is 4000. The standard InChI is InChI=1S/C17H19N3O2.2C16H14Cl2O.C16H15ClO2.C10H9ClO2.C6H5.BrH.Cl2OS.Mg.Na.H/c1-2-9-19-11-15-17(16(21)8-10-20(15)18-13-19)22-12-14-6-4-3-5-7-14;3*1-2-10-19-15-9-8-13(17)11-14(15)16(18)12-6-4-3-5-7-12;1-2-5-13-10-4-3-9(11)6-8(10)7-12;1-2-4-6-5-3-1;;1-4(2)3;;;/h2-8,10,18H,1,9,11-13H2;2*2-9,11,16H,1,10H2;2-9,11,16,18H,1,10H2;2-4,6-7H,1,5H2;1-5H;1H;;;;/q;;;;;-1;;;+2;+1;-1/p-1. The van der Waals surface area contributed by atoms with Crippen molar-refractivity contribution >= 4 is 130 Å². The molecule has 1 aliphatic rings. The van der Waals surface area contributed by atoms with Crippen molar-refractivity contribution in [2.75, 3.05) is 45.1 Å². The fourth-order valence-corrected chi connectivity index (χ4v) is 10.5. The van der Waals surface area contributed by atoms with Crippen LogP contribution in [0.25, 0.3) is 0 Å². The van der Waals surface area contributed by atoms with Gasteiger partial charge in [-0.3, -0.25) is 19.2 Å². The Morgan fingerprint density at radius 1 is 0.533 bits per heavy atom. The maximum Gasteiger partial charge on any atom is 2.00 e. The van der Waals surface area contributed by atoms with E-state index in [0.29, 0.717) is 101 Å². The number of aliphatic hydroxyl groups excluding tert-OH is 1. The van der Waals surface area contributed by atoms with Crippen molar-refractivity contribution in [1.29, 1.82) is 0 Å². The number of pyridine rings is 1. The molecule has 10 aromatic rings. The van der Waals surface area contributed by atoms with E-state index < -0.39 is 15.3 Å². The van der Waals surface area contributed by atoms with Crippen molar-refractivity contribution in [3.8, 4) is 28.7 Å². The van der Waals surface area contributed by atoms with Crippen molar-refractivity contribution in [3.63, 3.8) is 0 Å². The molecular formula is C81H77BrCl8MgN3NaO9S. The summed E-state index contributed by atoms with van der Waals surface area (Å²) in [6.07, 6.45) is 10.2. The predicted molar refractivity (Wildman–Crippen MR) is 431 cm³/mol. The minimum Gasteiger partial charge on any atom is -1.00 e. The first-order chi connectivity index (χ1) is 49.4. The van der Waals surface area contributed by atoms with Crippen LogP contribution in [0.4, 0.5) is 0 Å². The van der Waals surface area contributed by atoms with Crippen molar-refractivity contribution in [1.82, 2.24) is 9.58 Å². The Morgan fingerprint density at radius 3 is 1.31 bits per heavy atom. The molecule has 11 rings (SSSR count). The summed E-state index contributed by atoms with van der Waals surface area (Å²) in [4.78, 5) is 24.9. The van der Waals surface area contributed by atoms with E-state index in [2.05, 4.69) is 70.7 Å². The number of carbonyl (C=O) groups is 1. The van der Waals surface area contributed by atoms with Gasteiger partial charge in [-0.05, 0) is 95.1 Å². The number of ether oxygens (including phenoxy) is 5. The van der Waals surface area contributed by atoms with Gasteiger partial charge >= 0.3 is 52.6 Å².